The number of rotatable bonds is 4. The summed E-state index contributed by atoms with van der Waals surface area (Å²) in [5.41, 5.74) is 7.79. The summed E-state index contributed by atoms with van der Waals surface area (Å²) in [6.07, 6.45) is 2.28. The maximum atomic E-state index is 12.0. The number of carbonyl (C=O) groups excluding carboxylic acids is 1. The Balaban J connectivity index is 1.78. The van der Waals surface area contributed by atoms with Crippen LogP contribution in [0.25, 0.3) is 10.9 Å². The zero-order valence-electron chi connectivity index (χ0n) is 17.2. The van der Waals surface area contributed by atoms with Gasteiger partial charge in [-0.1, -0.05) is 6.58 Å². The molecule has 0 unspecified atom stereocenters. The molecule has 8 heteroatoms. The van der Waals surface area contributed by atoms with Crippen molar-refractivity contribution in [3.63, 3.8) is 0 Å². The summed E-state index contributed by atoms with van der Waals surface area (Å²) in [5.74, 6) is 1.53. The summed E-state index contributed by atoms with van der Waals surface area (Å²) < 4.78 is 0. The maximum absolute atomic E-state index is 12.0. The van der Waals surface area contributed by atoms with Gasteiger partial charge in [-0.25, -0.2) is 4.98 Å². The first kappa shape index (κ1) is 19.6. The molecule has 1 atom stereocenters. The Morgan fingerprint density at radius 2 is 1.97 bits per heavy atom. The van der Waals surface area contributed by atoms with E-state index in [1.54, 1.807) is 11.9 Å². The number of hydrogen-bond donors (Lipinski definition) is 1. The van der Waals surface area contributed by atoms with Crippen molar-refractivity contribution in [1.29, 1.82) is 0 Å². The second-order valence-corrected chi connectivity index (χ2v) is 7.94. The first-order valence-corrected chi connectivity index (χ1v) is 10.1. The molecular weight excluding hydrogens is 366 g/mol. The number of piperazine rings is 1. The van der Waals surface area contributed by atoms with Crippen LogP contribution in [0.1, 0.15) is 6.42 Å². The summed E-state index contributed by atoms with van der Waals surface area (Å²) in [6, 6.07) is 6.06. The molecule has 0 saturated carbocycles. The molecule has 2 aliphatic rings. The molecule has 8 nitrogen and oxygen atoms in total. The van der Waals surface area contributed by atoms with Gasteiger partial charge in [0.25, 0.3) is 0 Å². The SMILES string of the molecule is C=CC(=O)N(C)c1ccc2c(N3CC[C@@H](N)C3)nc(N3CCN(C)CC3)nc2c1. The Kier molecular flexibility index (Phi) is 5.38. The number of benzene rings is 1. The highest BCUT2D eigenvalue weighted by atomic mass is 16.2. The molecule has 1 amide bonds. The normalized spacial score (nSPS) is 20.3. The first-order chi connectivity index (χ1) is 14.0. The minimum absolute atomic E-state index is 0.150. The van der Waals surface area contributed by atoms with Gasteiger partial charge in [0.1, 0.15) is 5.82 Å². The number of likely N-dealkylation sites (N-methyl/N-ethyl adjacent to an activating group) is 2. The van der Waals surface area contributed by atoms with Crippen molar-refractivity contribution in [2.24, 2.45) is 5.73 Å². The van der Waals surface area contributed by atoms with Crippen molar-refractivity contribution in [3.05, 3.63) is 30.9 Å². The molecule has 1 aromatic heterocycles. The number of amides is 1. The number of fused-ring (bicyclic) bond motifs is 1. The summed E-state index contributed by atoms with van der Waals surface area (Å²) in [4.78, 5) is 30.3. The largest absolute Gasteiger partial charge is 0.354 e. The van der Waals surface area contributed by atoms with Crippen molar-refractivity contribution < 1.29 is 4.79 Å². The minimum atomic E-state index is -0.150. The third-order valence-electron chi connectivity index (χ3n) is 5.85. The van der Waals surface area contributed by atoms with Gasteiger partial charge in [0.15, 0.2) is 0 Å². The fourth-order valence-electron chi connectivity index (χ4n) is 3.93. The number of anilines is 3. The molecule has 0 bridgehead atoms. The Morgan fingerprint density at radius 1 is 1.21 bits per heavy atom. The number of hydrogen-bond acceptors (Lipinski definition) is 7. The molecule has 0 radical (unpaired) electrons. The van der Waals surface area contributed by atoms with Crippen LogP contribution >= 0.6 is 0 Å². The van der Waals surface area contributed by atoms with Crippen LogP contribution < -0.4 is 20.4 Å². The van der Waals surface area contributed by atoms with E-state index in [1.807, 2.05) is 18.2 Å². The van der Waals surface area contributed by atoms with Crippen LogP contribution in [-0.2, 0) is 4.79 Å². The van der Waals surface area contributed by atoms with Crippen molar-refractivity contribution in [2.45, 2.75) is 12.5 Å². The van der Waals surface area contributed by atoms with Gasteiger partial charge in [-0.05, 0) is 37.7 Å². The van der Waals surface area contributed by atoms with Gasteiger partial charge >= 0.3 is 0 Å². The molecule has 2 N–H and O–H groups in total. The Bertz CT molecular complexity index is 923. The van der Waals surface area contributed by atoms with E-state index in [0.29, 0.717) is 0 Å². The zero-order valence-corrected chi connectivity index (χ0v) is 17.2. The van der Waals surface area contributed by atoms with E-state index in [0.717, 1.165) is 74.0 Å². The predicted octanol–water partition coefficient (Wildman–Crippen LogP) is 1.07. The molecule has 4 rings (SSSR count). The van der Waals surface area contributed by atoms with E-state index in [9.17, 15) is 4.79 Å². The van der Waals surface area contributed by atoms with Crippen LogP contribution in [0.5, 0.6) is 0 Å². The molecule has 3 heterocycles. The number of nitrogens with two attached hydrogens (primary N) is 1. The van der Waals surface area contributed by atoms with E-state index >= 15 is 0 Å². The smallest absolute Gasteiger partial charge is 0.250 e. The third-order valence-corrected chi connectivity index (χ3v) is 5.85. The molecule has 1 aromatic carbocycles. The van der Waals surface area contributed by atoms with E-state index < -0.39 is 0 Å². The van der Waals surface area contributed by atoms with Gasteiger partial charge < -0.3 is 25.3 Å². The zero-order chi connectivity index (χ0) is 20.5. The molecule has 154 valence electrons. The monoisotopic (exact) mass is 395 g/mol. The van der Waals surface area contributed by atoms with Crippen LogP contribution in [0.4, 0.5) is 17.5 Å². The van der Waals surface area contributed by atoms with Gasteiger partial charge in [-0.2, -0.15) is 4.98 Å². The third kappa shape index (κ3) is 3.90. The van der Waals surface area contributed by atoms with Crippen LogP contribution in [-0.4, -0.2) is 80.2 Å². The maximum Gasteiger partial charge on any atom is 0.250 e. The molecule has 2 fully saturated rings. The van der Waals surface area contributed by atoms with Gasteiger partial charge in [0.2, 0.25) is 11.9 Å². The lowest BCUT2D eigenvalue weighted by Gasteiger charge is -2.33. The lowest BCUT2D eigenvalue weighted by Crippen LogP contribution is -2.45. The molecule has 0 aliphatic carbocycles. The Morgan fingerprint density at radius 3 is 2.62 bits per heavy atom. The fraction of sp³-hybridized carbons (Fsp3) is 0.476. The Labute approximate surface area is 171 Å². The molecule has 29 heavy (non-hydrogen) atoms. The molecule has 2 aromatic rings. The highest BCUT2D eigenvalue weighted by Gasteiger charge is 2.25. The second-order valence-electron chi connectivity index (χ2n) is 7.94. The highest BCUT2D eigenvalue weighted by molar-refractivity contribution is 6.02. The molecule has 2 saturated heterocycles. The van der Waals surface area contributed by atoms with E-state index in [-0.39, 0.29) is 11.9 Å². The van der Waals surface area contributed by atoms with Crippen molar-refractivity contribution in [2.75, 3.05) is 68.1 Å². The average molecular weight is 396 g/mol. The standard InChI is InChI=1S/C21H29N7O/c1-4-19(29)26(3)16-5-6-17-18(13-16)23-21(27-11-9-25(2)10-12-27)24-20(17)28-8-7-15(22)14-28/h4-6,13,15H,1,7-12,14,22H2,2-3H3/t15-/m1/s1. The fourth-order valence-corrected chi connectivity index (χ4v) is 3.93. The van der Waals surface area contributed by atoms with E-state index in [1.165, 1.54) is 6.08 Å². The topological polar surface area (TPSA) is 81.8 Å². The molecular formula is C21H29N7O. The number of carbonyl (C=O) groups is 1. The first-order valence-electron chi connectivity index (χ1n) is 10.1. The highest BCUT2D eigenvalue weighted by Crippen LogP contribution is 2.31. The van der Waals surface area contributed by atoms with Gasteiger partial charge in [0.05, 0.1) is 5.52 Å². The minimum Gasteiger partial charge on any atom is -0.354 e. The van der Waals surface area contributed by atoms with Crippen LogP contribution in [0.3, 0.4) is 0 Å². The van der Waals surface area contributed by atoms with Crippen LogP contribution in [0.2, 0.25) is 0 Å². The number of aromatic nitrogens is 2. The average Bonchev–Trinajstić information content (AvgIpc) is 3.18. The van der Waals surface area contributed by atoms with E-state index in [2.05, 4.69) is 28.3 Å². The quantitative estimate of drug-likeness (QED) is 0.776. The summed E-state index contributed by atoms with van der Waals surface area (Å²) in [7, 11) is 3.88. The van der Waals surface area contributed by atoms with Crippen molar-refractivity contribution >= 4 is 34.3 Å². The Hall–Kier alpha value is -2.71. The van der Waals surface area contributed by atoms with Crippen molar-refractivity contribution in [1.82, 2.24) is 14.9 Å². The summed E-state index contributed by atoms with van der Waals surface area (Å²) >= 11 is 0. The summed E-state index contributed by atoms with van der Waals surface area (Å²) in [6.45, 7) is 9.04. The van der Waals surface area contributed by atoms with Gasteiger partial charge in [-0.15, -0.1) is 0 Å². The lowest BCUT2D eigenvalue weighted by atomic mass is 10.2. The summed E-state index contributed by atoms with van der Waals surface area (Å²) in [5, 5.41) is 0.986. The molecule has 0 spiro atoms. The van der Waals surface area contributed by atoms with Crippen LogP contribution in [0, 0.1) is 0 Å². The van der Waals surface area contributed by atoms with Gasteiger partial charge in [-0.3, -0.25) is 4.79 Å². The number of nitrogens with zero attached hydrogens (tertiary/aromatic N) is 6. The van der Waals surface area contributed by atoms with Crippen LogP contribution in [0.15, 0.2) is 30.9 Å². The lowest BCUT2D eigenvalue weighted by molar-refractivity contribution is -0.113. The van der Waals surface area contributed by atoms with E-state index in [4.69, 9.17) is 15.7 Å². The molecule has 2 aliphatic heterocycles. The second kappa shape index (κ2) is 7.96. The van der Waals surface area contributed by atoms with Gasteiger partial charge in [0, 0.05) is 63.4 Å². The predicted molar refractivity (Wildman–Crippen MR) is 118 cm³/mol. The van der Waals surface area contributed by atoms with Crippen molar-refractivity contribution in [3.8, 4) is 0 Å².